The molecule has 0 fully saturated rings. The predicted octanol–water partition coefficient (Wildman–Crippen LogP) is 1.69. The Kier molecular flexibility index (Phi) is 3.78. The van der Waals surface area contributed by atoms with Crippen LogP contribution in [0.3, 0.4) is 0 Å². The second kappa shape index (κ2) is 5.36. The molecule has 106 valence electrons. The standard InChI is InChI=1S/C13H16N4O3/c1-13(2,3)9(18)7-11-14-12(17-20-11)8-5-6-10(19-4)16-15-8/h5-6H,7H2,1-4H3. The van der Waals surface area contributed by atoms with Crippen molar-refractivity contribution in [3.05, 3.63) is 18.0 Å². The number of hydrogen-bond acceptors (Lipinski definition) is 7. The zero-order valence-electron chi connectivity index (χ0n) is 11.9. The minimum absolute atomic E-state index is 0.0357. The average Bonchev–Trinajstić information content (AvgIpc) is 2.86. The molecule has 0 unspecified atom stereocenters. The maximum absolute atomic E-state index is 11.9. The zero-order valence-corrected chi connectivity index (χ0v) is 11.9. The van der Waals surface area contributed by atoms with Crippen molar-refractivity contribution in [2.45, 2.75) is 27.2 Å². The fourth-order valence-electron chi connectivity index (χ4n) is 1.38. The minimum atomic E-state index is -0.436. The summed E-state index contributed by atoms with van der Waals surface area (Å²) in [6.07, 6.45) is 0.111. The van der Waals surface area contributed by atoms with Crippen molar-refractivity contribution in [3.8, 4) is 17.4 Å². The van der Waals surface area contributed by atoms with Gasteiger partial charge in [0.05, 0.1) is 13.5 Å². The number of nitrogens with zero attached hydrogens (tertiary/aromatic N) is 4. The quantitative estimate of drug-likeness (QED) is 0.839. The van der Waals surface area contributed by atoms with Gasteiger partial charge in [0.25, 0.3) is 0 Å². The second-order valence-electron chi connectivity index (χ2n) is 5.32. The number of aromatic nitrogens is 4. The first-order valence-electron chi connectivity index (χ1n) is 6.14. The summed E-state index contributed by atoms with van der Waals surface area (Å²) in [6.45, 7) is 5.55. The third-order valence-electron chi connectivity index (χ3n) is 2.69. The van der Waals surface area contributed by atoms with E-state index >= 15 is 0 Å². The molecule has 0 bridgehead atoms. The Labute approximate surface area is 116 Å². The van der Waals surface area contributed by atoms with Gasteiger partial charge in [0.2, 0.25) is 17.6 Å². The van der Waals surface area contributed by atoms with Gasteiger partial charge >= 0.3 is 0 Å². The average molecular weight is 276 g/mol. The van der Waals surface area contributed by atoms with Crippen molar-refractivity contribution >= 4 is 5.78 Å². The number of carbonyl (C=O) groups excluding carboxylic acids is 1. The van der Waals surface area contributed by atoms with Gasteiger partial charge < -0.3 is 9.26 Å². The van der Waals surface area contributed by atoms with E-state index in [1.165, 1.54) is 7.11 Å². The van der Waals surface area contributed by atoms with E-state index in [2.05, 4.69) is 20.3 Å². The smallest absolute Gasteiger partial charge is 0.234 e. The molecule has 0 aliphatic rings. The summed E-state index contributed by atoms with van der Waals surface area (Å²) in [7, 11) is 1.51. The molecule has 2 aromatic rings. The third kappa shape index (κ3) is 3.17. The normalized spacial score (nSPS) is 11.4. The van der Waals surface area contributed by atoms with Crippen LogP contribution in [0.25, 0.3) is 11.5 Å². The number of methoxy groups -OCH3 is 1. The Morgan fingerprint density at radius 2 is 2.05 bits per heavy atom. The van der Waals surface area contributed by atoms with Crippen LogP contribution in [0.4, 0.5) is 0 Å². The van der Waals surface area contributed by atoms with Crippen LogP contribution in [0.2, 0.25) is 0 Å². The highest BCUT2D eigenvalue weighted by molar-refractivity contribution is 5.85. The van der Waals surface area contributed by atoms with E-state index in [0.717, 1.165) is 0 Å². The Bertz CT molecular complexity index is 599. The van der Waals surface area contributed by atoms with E-state index < -0.39 is 5.41 Å². The Hall–Kier alpha value is -2.31. The lowest BCUT2D eigenvalue weighted by Crippen LogP contribution is -2.22. The maximum atomic E-state index is 11.9. The van der Waals surface area contributed by atoms with Gasteiger partial charge in [-0.1, -0.05) is 25.9 Å². The summed E-state index contributed by atoms with van der Waals surface area (Å²) in [5, 5.41) is 11.5. The van der Waals surface area contributed by atoms with E-state index in [1.54, 1.807) is 12.1 Å². The van der Waals surface area contributed by atoms with E-state index in [0.29, 0.717) is 17.4 Å². The number of ether oxygens (including phenoxy) is 1. The lowest BCUT2D eigenvalue weighted by Gasteiger charge is -2.14. The highest BCUT2D eigenvalue weighted by Gasteiger charge is 2.24. The van der Waals surface area contributed by atoms with Crippen LogP contribution in [0.5, 0.6) is 5.88 Å². The van der Waals surface area contributed by atoms with Gasteiger partial charge in [0.1, 0.15) is 11.5 Å². The fraction of sp³-hybridized carbons (Fsp3) is 0.462. The van der Waals surface area contributed by atoms with Crippen molar-refractivity contribution < 1.29 is 14.1 Å². The minimum Gasteiger partial charge on any atom is -0.480 e. The van der Waals surface area contributed by atoms with E-state index in [-0.39, 0.29) is 18.1 Å². The van der Waals surface area contributed by atoms with Crippen LogP contribution >= 0.6 is 0 Å². The van der Waals surface area contributed by atoms with E-state index in [9.17, 15) is 4.79 Å². The number of hydrogen-bond donors (Lipinski definition) is 0. The topological polar surface area (TPSA) is 91.0 Å². The Balaban J connectivity index is 2.14. The van der Waals surface area contributed by atoms with Gasteiger partial charge in [-0.3, -0.25) is 4.79 Å². The van der Waals surface area contributed by atoms with Gasteiger partial charge in [-0.25, -0.2) is 0 Å². The SMILES string of the molecule is COc1ccc(-c2noc(CC(=O)C(C)(C)C)n2)nn1. The van der Waals surface area contributed by atoms with E-state index in [4.69, 9.17) is 9.26 Å². The molecule has 0 atom stereocenters. The molecule has 0 aromatic carbocycles. The van der Waals surface area contributed by atoms with E-state index in [1.807, 2.05) is 20.8 Å². The third-order valence-corrected chi connectivity index (χ3v) is 2.69. The zero-order chi connectivity index (χ0) is 14.8. The number of Topliss-reactive ketones (excluding diaryl/α,β-unsaturated/α-hetero) is 1. The largest absolute Gasteiger partial charge is 0.480 e. The summed E-state index contributed by atoms with van der Waals surface area (Å²) in [6, 6.07) is 3.32. The summed E-state index contributed by atoms with van der Waals surface area (Å²) >= 11 is 0. The first kappa shape index (κ1) is 14.1. The number of rotatable bonds is 4. The van der Waals surface area contributed by atoms with Gasteiger partial charge in [0, 0.05) is 11.5 Å². The Morgan fingerprint density at radius 1 is 1.30 bits per heavy atom. The molecular formula is C13H16N4O3. The van der Waals surface area contributed by atoms with Crippen LogP contribution in [0.1, 0.15) is 26.7 Å². The van der Waals surface area contributed by atoms with Crippen molar-refractivity contribution in [1.29, 1.82) is 0 Å². The molecule has 0 radical (unpaired) electrons. The van der Waals surface area contributed by atoms with Crippen molar-refractivity contribution in [3.63, 3.8) is 0 Å². The first-order valence-corrected chi connectivity index (χ1v) is 6.14. The van der Waals surface area contributed by atoms with Crippen LogP contribution in [0, 0.1) is 5.41 Å². The van der Waals surface area contributed by atoms with Crippen LogP contribution in [-0.4, -0.2) is 33.2 Å². The molecular weight excluding hydrogens is 260 g/mol. The molecule has 7 nitrogen and oxygen atoms in total. The number of carbonyl (C=O) groups is 1. The summed E-state index contributed by atoms with van der Waals surface area (Å²) < 4.78 is 9.98. The highest BCUT2D eigenvalue weighted by Crippen LogP contribution is 2.19. The molecule has 0 aliphatic heterocycles. The molecule has 2 aromatic heterocycles. The molecule has 0 aliphatic carbocycles. The molecule has 0 amide bonds. The van der Waals surface area contributed by atoms with Crippen molar-refractivity contribution in [2.75, 3.05) is 7.11 Å². The molecule has 20 heavy (non-hydrogen) atoms. The molecule has 0 N–H and O–H groups in total. The van der Waals surface area contributed by atoms with Crippen LogP contribution in [-0.2, 0) is 11.2 Å². The molecule has 2 rings (SSSR count). The number of ketones is 1. The van der Waals surface area contributed by atoms with Crippen molar-refractivity contribution in [2.24, 2.45) is 5.41 Å². The van der Waals surface area contributed by atoms with Gasteiger partial charge in [0.15, 0.2) is 0 Å². The van der Waals surface area contributed by atoms with Gasteiger partial charge in [-0.2, -0.15) is 4.98 Å². The molecule has 2 heterocycles. The highest BCUT2D eigenvalue weighted by atomic mass is 16.5. The van der Waals surface area contributed by atoms with Crippen LogP contribution in [0.15, 0.2) is 16.7 Å². The molecule has 0 spiro atoms. The van der Waals surface area contributed by atoms with Gasteiger partial charge in [-0.15, -0.1) is 10.2 Å². The summed E-state index contributed by atoms with van der Waals surface area (Å²) in [5.41, 5.74) is 0.0261. The maximum Gasteiger partial charge on any atom is 0.234 e. The fourth-order valence-corrected chi connectivity index (χ4v) is 1.38. The lowest BCUT2D eigenvalue weighted by molar-refractivity contribution is -0.125. The molecule has 7 heteroatoms. The van der Waals surface area contributed by atoms with Gasteiger partial charge in [-0.05, 0) is 6.07 Å². The Morgan fingerprint density at radius 3 is 2.60 bits per heavy atom. The second-order valence-corrected chi connectivity index (χ2v) is 5.32. The summed E-state index contributed by atoms with van der Waals surface area (Å²) in [5.74, 6) is 1.02. The van der Waals surface area contributed by atoms with Crippen molar-refractivity contribution in [1.82, 2.24) is 20.3 Å². The molecule has 0 saturated heterocycles. The summed E-state index contributed by atoms with van der Waals surface area (Å²) in [4.78, 5) is 16.0. The monoisotopic (exact) mass is 276 g/mol. The predicted molar refractivity (Wildman–Crippen MR) is 70.0 cm³/mol. The first-order chi connectivity index (χ1) is 9.40. The molecule has 0 saturated carbocycles. The lowest BCUT2D eigenvalue weighted by atomic mass is 9.89. The van der Waals surface area contributed by atoms with Crippen LogP contribution < -0.4 is 4.74 Å².